The summed E-state index contributed by atoms with van der Waals surface area (Å²) < 4.78 is 5.14. The maximum absolute atomic E-state index is 11.9. The van der Waals surface area contributed by atoms with E-state index in [1.165, 1.54) is 25.5 Å². The Hall–Kier alpha value is -2.35. The van der Waals surface area contributed by atoms with E-state index in [4.69, 9.17) is 15.1 Å². The van der Waals surface area contributed by atoms with Gasteiger partial charge in [-0.15, -0.1) is 0 Å². The molecule has 3 aliphatic heterocycles. The van der Waals surface area contributed by atoms with Crippen LogP contribution in [0.15, 0.2) is 29.0 Å². The molecule has 3 fully saturated rings. The monoisotopic (exact) mass is 428 g/mol. The maximum Gasteiger partial charge on any atom is 0.409 e. The van der Waals surface area contributed by atoms with Gasteiger partial charge in [-0.1, -0.05) is 6.08 Å². The van der Waals surface area contributed by atoms with E-state index in [0.717, 1.165) is 57.1 Å². The highest BCUT2D eigenvalue weighted by Gasteiger charge is 2.51. The van der Waals surface area contributed by atoms with Gasteiger partial charge in [0.1, 0.15) is 5.84 Å². The molecule has 3 heterocycles. The van der Waals surface area contributed by atoms with E-state index in [0.29, 0.717) is 18.1 Å². The number of carbonyl (C=O) groups excluding carboxylic acids is 1. The third kappa shape index (κ3) is 4.79. The van der Waals surface area contributed by atoms with Crippen LogP contribution in [0.25, 0.3) is 0 Å². The van der Waals surface area contributed by atoms with Crippen LogP contribution in [-0.4, -0.2) is 90.8 Å². The van der Waals surface area contributed by atoms with Gasteiger partial charge >= 0.3 is 6.09 Å². The Morgan fingerprint density at radius 1 is 1.35 bits per heavy atom. The molecule has 1 amide bonds. The maximum atomic E-state index is 11.9. The quantitative estimate of drug-likeness (QED) is 0.657. The Morgan fingerprint density at radius 3 is 2.84 bits per heavy atom. The molecule has 0 aromatic heterocycles. The van der Waals surface area contributed by atoms with Gasteiger partial charge in [0.25, 0.3) is 0 Å². The smallest absolute Gasteiger partial charge is 0.409 e. The molecule has 4 rings (SSSR count). The largest absolute Gasteiger partial charge is 0.450 e. The number of hydrogen-bond acceptors (Lipinski definition) is 7. The molecule has 0 radical (unpaired) electrons. The second-order valence-electron chi connectivity index (χ2n) is 9.33. The molecule has 8 heteroatoms. The van der Waals surface area contributed by atoms with Gasteiger partial charge in [0, 0.05) is 69.3 Å². The third-order valence-electron chi connectivity index (χ3n) is 7.15. The fourth-order valence-corrected chi connectivity index (χ4v) is 5.44. The van der Waals surface area contributed by atoms with Crippen LogP contribution in [0.1, 0.15) is 39.5 Å². The Kier molecular flexibility index (Phi) is 6.65. The molecule has 1 spiro atoms. The van der Waals surface area contributed by atoms with Crippen molar-refractivity contribution in [3.05, 3.63) is 24.0 Å². The normalized spacial score (nSPS) is 28.3. The van der Waals surface area contributed by atoms with Gasteiger partial charge in [0.05, 0.1) is 12.6 Å². The summed E-state index contributed by atoms with van der Waals surface area (Å²) in [6, 6.07) is 0.803. The van der Waals surface area contributed by atoms with E-state index < -0.39 is 0 Å². The average Bonchev–Trinajstić information content (AvgIpc) is 3.23. The van der Waals surface area contributed by atoms with Gasteiger partial charge < -0.3 is 25.3 Å². The number of aliphatic imine (C=N–C) groups is 1. The molecule has 0 aromatic rings. The first-order chi connectivity index (χ1) is 15.0. The number of nitrogens with zero attached hydrogens (tertiary/aromatic N) is 4. The van der Waals surface area contributed by atoms with Crippen molar-refractivity contribution in [1.82, 2.24) is 20.0 Å². The SMILES string of the molecule is CCOC(=O)N1CC2(CCC(N3CCN(C4=NC=CCC4N/C=C(/C)C=N)CC3)C2)C1. The summed E-state index contributed by atoms with van der Waals surface area (Å²) in [5.74, 6) is 1.11. The van der Waals surface area contributed by atoms with E-state index in [2.05, 4.69) is 21.2 Å². The number of ether oxygens (including phenoxy) is 1. The summed E-state index contributed by atoms with van der Waals surface area (Å²) in [5.41, 5.74) is 1.23. The van der Waals surface area contributed by atoms with Crippen LogP contribution in [0.5, 0.6) is 0 Å². The predicted molar refractivity (Wildman–Crippen MR) is 122 cm³/mol. The molecule has 2 atom stereocenters. The second-order valence-corrected chi connectivity index (χ2v) is 9.33. The summed E-state index contributed by atoms with van der Waals surface area (Å²) >= 11 is 0. The highest BCUT2D eigenvalue weighted by Crippen LogP contribution is 2.47. The highest BCUT2D eigenvalue weighted by molar-refractivity contribution is 5.89. The second kappa shape index (κ2) is 9.42. The number of amides is 1. The zero-order valence-electron chi connectivity index (χ0n) is 18.8. The number of allylic oxidation sites excluding steroid dienone is 1. The molecular weight excluding hydrogens is 392 g/mol. The first-order valence-corrected chi connectivity index (χ1v) is 11.6. The van der Waals surface area contributed by atoms with Crippen molar-refractivity contribution < 1.29 is 9.53 Å². The summed E-state index contributed by atoms with van der Waals surface area (Å²) in [4.78, 5) is 23.5. The number of amidine groups is 1. The van der Waals surface area contributed by atoms with Crippen molar-refractivity contribution in [1.29, 1.82) is 5.41 Å². The van der Waals surface area contributed by atoms with Gasteiger partial charge in [-0.2, -0.15) is 0 Å². The standard InChI is InChI=1S/C23H36N6O2/c1-3-31-22(30)29-16-23(17-29)7-6-19(13-23)27-9-11-28(12-10-27)21-20(5-4-8-25-21)26-15-18(2)14-24/h4,8,14-15,19-20,24,26H,3,5-7,9-13,16-17H2,1-2H3/b18-15-,24-14?. The predicted octanol–water partition coefficient (Wildman–Crippen LogP) is 2.44. The van der Waals surface area contributed by atoms with E-state index >= 15 is 0 Å². The molecule has 2 unspecified atom stereocenters. The van der Waals surface area contributed by atoms with Gasteiger partial charge in [-0.25, -0.2) is 9.79 Å². The molecular formula is C23H36N6O2. The van der Waals surface area contributed by atoms with E-state index in [1.54, 1.807) is 0 Å². The number of rotatable bonds is 5. The molecule has 2 N–H and O–H groups in total. The van der Waals surface area contributed by atoms with Crippen molar-refractivity contribution in [2.75, 3.05) is 45.9 Å². The highest BCUT2D eigenvalue weighted by atomic mass is 16.6. The van der Waals surface area contributed by atoms with Gasteiger partial charge in [-0.05, 0) is 45.1 Å². The number of nitrogens with one attached hydrogen (secondary N) is 2. The number of piperazine rings is 1. The zero-order valence-corrected chi connectivity index (χ0v) is 18.8. The van der Waals surface area contributed by atoms with Crippen LogP contribution in [0, 0.1) is 10.8 Å². The molecule has 8 nitrogen and oxygen atoms in total. The molecule has 1 aliphatic carbocycles. The fraction of sp³-hybridized carbons (Fsp3) is 0.696. The molecule has 0 bridgehead atoms. The lowest BCUT2D eigenvalue weighted by Crippen LogP contribution is -2.59. The molecule has 1 saturated carbocycles. The molecule has 2 saturated heterocycles. The van der Waals surface area contributed by atoms with Crippen molar-refractivity contribution in [3.8, 4) is 0 Å². The summed E-state index contributed by atoms with van der Waals surface area (Å²) in [6.45, 7) is 10.1. The molecule has 170 valence electrons. The average molecular weight is 429 g/mol. The van der Waals surface area contributed by atoms with Gasteiger partial charge in [0.2, 0.25) is 0 Å². The topological polar surface area (TPSA) is 84.3 Å². The summed E-state index contributed by atoms with van der Waals surface area (Å²) in [5, 5.41) is 10.8. The van der Waals surface area contributed by atoms with E-state index in [1.807, 2.05) is 31.1 Å². The molecule has 31 heavy (non-hydrogen) atoms. The lowest BCUT2D eigenvalue weighted by atomic mass is 9.78. The van der Waals surface area contributed by atoms with Crippen LogP contribution in [0.3, 0.4) is 0 Å². The summed E-state index contributed by atoms with van der Waals surface area (Å²) in [6.07, 6.45) is 11.7. The van der Waals surface area contributed by atoms with Crippen molar-refractivity contribution in [2.45, 2.75) is 51.6 Å². The van der Waals surface area contributed by atoms with Crippen molar-refractivity contribution >= 4 is 18.1 Å². The fourth-order valence-electron chi connectivity index (χ4n) is 5.44. The minimum Gasteiger partial charge on any atom is -0.450 e. The van der Waals surface area contributed by atoms with Crippen LogP contribution in [0.2, 0.25) is 0 Å². The number of hydrogen-bond donors (Lipinski definition) is 2. The van der Waals surface area contributed by atoms with E-state index in [-0.39, 0.29) is 12.1 Å². The summed E-state index contributed by atoms with van der Waals surface area (Å²) in [7, 11) is 0. The first kappa shape index (κ1) is 21.9. The Balaban J connectivity index is 1.26. The minimum absolute atomic E-state index is 0.152. The van der Waals surface area contributed by atoms with E-state index in [9.17, 15) is 4.79 Å². The molecule has 4 aliphatic rings. The van der Waals surface area contributed by atoms with Crippen LogP contribution < -0.4 is 5.32 Å². The van der Waals surface area contributed by atoms with Gasteiger partial charge in [-0.3, -0.25) is 4.90 Å². The van der Waals surface area contributed by atoms with Crippen molar-refractivity contribution in [2.24, 2.45) is 10.4 Å². The first-order valence-electron chi connectivity index (χ1n) is 11.6. The minimum atomic E-state index is -0.152. The van der Waals surface area contributed by atoms with Crippen LogP contribution in [0.4, 0.5) is 4.79 Å². The Labute approximate surface area is 185 Å². The lowest BCUT2D eigenvalue weighted by molar-refractivity contribution is -0.00394. The van der Waals surface area contributed by atoms with Crippen LogP contribution >= 0.6 is 0 Å². The van der Waals surface area contributed by atoms with Gasteiger partial charge in [0.15, 0.2) is 0 Å². The Bertz CT molecular complexity index is 762. The third-order valence-corrected chi connectivity index (χ3v) is 7.15. The van der Waals surface area contributed by atoms with Crippen molar-refractivity contribution in [3.63, 3.8) is 0 Å². The molecule has 0 aromatic carbocycles. The number of likely N-dealkylation sites (tertiary alicyclic amines) is 1. The Morgan fingerprint density at radius 2 is 2.13 bits per heavy atom. The van der Waals surface area contributed by atoms with Crippen LogP contribution in [-0.2, 0) is 4.74 Å². The zero-order chi connectivity index (χ0) is 21.8. The number of carbonyl (C=O) groups is 1. The lowest BCUT2D eigenvalue weighted by Gasteiger charge is -2.48.